The van der Waals surface area contributed by atoms with Gasteiger partial charge in [-0.25, -0.2) is 0 Å². The summed E-state index contributed by atoms with van der Waals surface area (Å²) in [6.07, 6.45) is 3.16. The third-order valence-corrected chi connectivity index (χ3v) is 3.40. The van der Waals surface area contributed by atoms with Crippen molar-refractivity contribution in [2.75, 3.05) is 26.8 Å². The highest BCUT2D eigenvalue weighted by atomic mass is 16.5. The molecule has 0 aromatic rings. The van der Waals surface area contributed by atoms with Gasteiger partial charge in [-0.15, -0.1) is 0 Å². The standard InChI is InChI=1S/C13H25N3O3/c1-3-4-11(14)13(18)15-10-5-7-16(8-6-10)12(17)9-19-2/h10-11H,3-9,14H2,1-2H3,(H,15,18)/t11-/m1/s1. The van der Waals surface area contributed by atoms with E-state index in [-0.39, 0.29) is 24.5 Å². The summed E-state index contributed by atoms with van der Waals surface area (Å²) in [6, 6.07) is -0.292. The Morgan fingerprint density at radius 2 is 2.05 bits per heavy atom. The monoisotopic (exact) mass is 271 g/mol. The van der Waals surface area contributed by atoms with Crippen LogP contribution in [-0.2, 0) is 14.3 Å². The summed E-state index contributed by atoms with van der Waals surface area (Å²) in [4.78, 5) is 25.2. The first kappa shape index (κ1) is 15.9. The van der Waals surface area contributed by atoms with E-state index in [4.69, 9.17) is 10.5 Å². The highest BCUT2D eigenvalue weighted by Crippen LogP contribution is 2.11. The molecule has 1 aliphatic heterocycles. The molecule has 6 heteroatoms. The van der Waals surface area contributed by atoms with Gasteiger partial charge in [0.1, 0.15) is 6.61 Å². The van der Waals surface area contributed by atoms with Gasteiger partial charge in [-0.05, 0) is 19.3 Å². The van der Waals surface area contributed by atoms with Crippen LogP contribution in [-0.4, -0.2) is 55.6 Å². The maximum atomic E-state index is 11.8. The molecular weight excluding hydrogens is 246 g/mol. The molecule has 6 nitrogen and oxygen atoms in total. The highest BCUT2D eigenvalue weighted by Gasteiger charge is 2.24. The van der Waals surface area contributed by atoms with Crippen LogP contribution in [0.1, 0.15) is 32.6 Å². The van der Waals surface area contributed by atoms with Gasteiger partial charge in [0.15, 0.2) is 0 Å². The zero-order valence-corrected chi connectivity index (χ0v) is 11.9. The van der Waals surface area contributed by atoms with Crippen LogP contribution in [0.3, 0.4) is 0 Å². The Balaban J connectivity index is 2.30. The molecule has 1 aliphatic rings. The quantitative estimate of drug-likeness (QED) is 0.704. The average Bonchev–Trinajstić information content (AvgIpc) is 2.40. The molecule has 19 heavy (non-hydrogen) atoms. The lowest BCUT2D eigenvalue weighted by Gasteiger charge is -2.32. The van der Waals surface area contributed by atoms with Crippen molar-refractivity contribution in [2.24, 2.45) is 5.73 Å². The molecule has 0 aliphatic carbocycles. The number of hydrogen-bond acceptors (Lipinski definition) is 4. The van der Waals surface area contributed by atoms with E-state index in [1.807, 2.05) is 6.92 Å². The summed E-state index contributed by atoms with van der Waals surface area (Å²) >= 11 is 0. The van der Waals surface area contributed by atoms with E-state index in [0.29, 0.717) is 19.5 Å². The smallest absolute Gasteiger partial charge is 0.248 e. The average molecular weight is 271 g/mol. The highest BCUT2D eigenvalue weighted by molar-refractivity contribution is 5.81. The molecule has 0 aromatic heterocycles. The van der Waals surface area contributed by atoms with Crippen molar-refractivity contribution in [1.29, 1.82) is 0 Å². The molecule has 1 heterocycles. The van der Waals surface area contributed by atoms with Crippen molar-refractivity contribution in [3.63, 3.8) is 0 Å². The van der Waals surface area contributed by atoms with Gasteiger partial charge in [0.25, 0.3) is 0 Å². The summed E-state index contributed by atoms with van der Waals surface area (Å²) in [7, 11) is 1.51. The second-order valence-corrected chi connectivity index (χ2v) is 4.99. The molecular formula is C13H25N3O3. The van der Waals surface area contributed by atoms with Crippen LogP contribution in [0.25, 0.3) is 0 Å². The van der Waals surface area contributed by atoms with Crippen LogP contribution in [0.5, 0.6) is 0 Å². The number of likely N-dealkylation sites (tertiary alicyclic amines) is 1. The Hall–Kier alpha value is -1.14. The van der Waals surface area contributed by atoms with Gasteiger partial charge in [-0.3, -0.25) is 9.59 Å². The van der Waals surface area contributed by atoms with E-state index in [9.17, 15) is 9.59 Å². The second-order valence-electron chi connectivity index (χ2n) is 4.99. The van der Waals surface area contributed by atoms with Crippen LogP contribution in [0.2, 0.25) is 0 Å². The Labute approximate surface area is 114 Å². The SMILES string of the molecule is CCC[C@@H](N)C(=O)NC1CCN(C(=O)COC)CC1. The van der Waals surface area contributed by atoms with E-state index >= 15 is 0 Å². The fourth-order valence-electron chi connectivity index (χ4n) is 2.24. The van der Waals surface area contributed by atoms with E-state index in [2.05, 4.69) is 5.32 Å². The van der Waals surface area contributed by atoms with Crippen molar-refractivity contribution < 1.29 is 14.3 Å². The summed E-state index contributed by atoms with van der Waals surface area (Å²) in [5.41, 5.74) is 5.77. The fourth-order valence-corrected chi connectivity index (χ4v) is 2.24. The molecule has 2 amide bonds. The first-order valence-electron chi connectivity index (χ1n) is 6.91. The zero-order chi connectivity index (χ0) is 14.3. The van der Waals surface area contributed by atoms with E-state index in [1.165, 1.54) is 7.11 Å². The van der Waals surface area contributed by atoms with Gasteiger partial charge in [0.2, 0.25) is 11.8 Å². The Morgan fingerprint density at radius 1 is 1.42 bits per heavy atom. The molecule has 0 radical (unpaired) electrons. The number of ether oxygens (including phenoxy) is 1. The van der Waals surface area contributed by atoms with E-state index in [0.717, 1.165) is 19.3 Å². The molecule has 0 aromatic carbocycles. The van der Waals surface area contributed by atoms with Crippen LogP contribution < -0.4 is 11.1 Å². The molecule has 3 N–H and O–H groups in total. The number of hydrogen-bond donors (Lipinski definition) is 2. The molecule has 110 valence electrons. The van der Waals surface area contributed by atoms with Gasteiger partial charge >= 0.3 is 0 Å². The molecule has 1 fully saturated rings. The van der Waals surface area contributed by atoms with Gasteiger partial charge in [0.05, 0.1) is 6.04 Å². The minimum absolute atomic E-state index is 0.00922. The lowest BCUT2D eigenvalue weighted by Crippen LogP contribution is -2.50. The first-order valence-corrected chi connectivity index (χ1v) is 6.91. The number of carbonyl (C=O) groups excluding carboxylic acids is 2. The molecule has 0 bridgehead atoms. The fraction of sp³-hybridized carbons (Fsp3) is 0.846. The number of nitrogens with two attached hydrogens (primary N) is 1. The third kappa shape index (κ3) is 5.16. The lowest BCUT2D eigenvalue weighted by molar-refractivity contribution is -0.136. The minimum Gasteiger partial charge on any atom is -0.375 e. The maximum absolute atomic E-state index is 11.8. The first-order chi connectivity index (χ1) is 9.08. The summed E-state index contributed by atoms with van der Waals surface area (Å²) < 4.78 is 4.83. The van der Waals surface area contributed by atoms with Crippen LogP contribution in [0.4, 0.5) is 0 Å². The Kier molecular flexibility index (Phi) is 6.80. The number of nitrogens with zero attached hydrogens (tertiary/aromatic N) is 1. The molecule has 0 unspecified atom stereocenters. The van der Waals surface area contributed by atoms with Crippen molar-refractivity contribution in [3.05, 3.63) is 0 Å². The summed E-state index contributed by atoms with van der Waals surface area (Å²) in [6.45, 7) is 3.46. The predicted octanol–water partition coefficient (Wildman–Crippen LogP) is -0.133. The van der Waals surface area contributed by atoms with Crippen LogP contribution >= 0.6 is 0 Å². The van der Waals surface area contributed by atoms with Crippen molar-refractivity contribution >= 4 is 11.8 Å². The van der Waals surface area contributed by atoms with Crippen LogP contribution in [0, 0.1) is 0 Å². The number of rotatable bonds is 6. The molecule has 0 spiro atoms. The predicted molar refractivity (Wildman–Crippen MR) is 72.5 cm³/mol. The maximum Gasteiger partial charge on any atom is 0.248 e. The molecule has 1 saturated heterocycles. The summed E-state index contributed by atoms with van der Waals surface area (Å²) in [5, 5.41) is 2.96. The number of nitrogens with one attached hydrogen (secondary N) is 1. The van der Waals surface area contributed by atoms with Gasteiger partial charge in [-0.1, -0.05) is 13.3 Å². The zero-order valence-electron chi connectivity index (χ0n) is 11.9. The topological polar surface area (TPSA) is 84.7 Å². The molecule has 0 saturated carbocycles. The molecule has 1 rings (SSSR count). The van der Waals surface area contributed by atoms with Gasteiger partial charge < -0.3 is 20.7 Å². The third-order valence-electron chi connectivity index (χ3n) is 3.40. The van der Waals surface area contributed by atoms with Crippen molar-refractivity contribution in [2.45, 2.75) is 44.7 Å². The van der Waals surface area contributed by atoms with Gasteiger partial charge in [-0.2, -0.15) is 0 Å². The van der Waals surface area contributed by atoms with E-state index in [1.54, 1.807) is 4.90 Å². The van der Waals surface area contributed by atoms with Crippen molar-refractivity contribution in [1.82, 2.24) is 10.2 Å². The Bertz CT molecular complexity index is 302. The van der Waals surface area contributed by atoms with Crippen molar-refractivity contribution in [3.8, 4) is 0 Å². The van der Waals surface area contributed by atoms with Crippen LogP contribution in [0.15, 0.2) is 0 Å². The molecule has 1 atom stereocenters. The Morgan fingerprint density at radius 3 is 2.58 bits per heavy atom. The second kappa shape index (κ2) is 8.12. The lowest BCUT2D eigenvalue weighted by atomic mass is 10.0. The number of amides is 2. The number of piperidine rings is 1. The number of methoxy groups -OCH3 is 1. The van der Waals surface area contributed by atoms with Gasteiger partial charge in [0, 0.05) is 26.2 Å². The largest absolute Gasteiger partial charge is 0.375 e. The normalized spacial score (nSPS) is 18.2. The summed E-state index contributed by atoms with van der Waals surface area (Å²) in [5.74, 6) is -0.0709. The van der Waals surface area contributed by atoms with E-state index < -0.39 is 6.04 Å². The minimum atomic E-state index is -0.418. The number of carbonyl (C=O) groups is 2.